The quantitative estimate of drug-likeness (QED) is 0.0841. The monoisotopic (exact) mass is 765 g/mol. The van der Waals surface area contributed by atoms with Crippen molar-refractivity contribution < 1.29 is 142 Å². The zero-order valence-corrected chi connectivity index (χ0v) is 32.5. The second-order valence-corrected chi connectivity index (χ2v) is 9.13. The Morgan fingerprint density at radius 3 is 1.77 bits per heavy atom. The molecule has 0 saturated heterocycles. The van der Waals surface area contributed by atoms with Gasteiger partial charge in [0.15, 0.2) is 0 Å². The molecule has 12 heteroatoms. The van der Waals surface area contributed by atoms with Gasteiger partial charge >= 0.3 is 103 Å². The molecule has 0 fully saturated rings. The number of allylic oxidation sites excluding steroid dienone is 5. The Morgan fingerprint density at radius 2 is 1.33 bits per heavy atom. The average molecular weight is 768 g/mol. The van der Waals surface area contributed by atoms with Crippen molar-refractivity contribution in [3.63, 3.8) is 0 Å². The van der Waals surface area contributed by atoms with Crippen molar-refractivity contribution >= 4 is 38.3 Å². The molecule has 212 valence electrons. The van der Waals surface area contributed by atoms with Gasteiger partial charge in [0.2, 0.25) is 0 Å². The van der Waals surface area contributed by atoms with Crippen LogP contribution in [0.4, 0.5) is 8.78 Å². The summed E-state index contributed by atoms with van der Waals surface area (Å²) >= 11 is 6.38. The Kier molecular flexibility index (Phi) is 24.5. The van der Waals surface area contributed by atoms with E-state index in [2.05, 4.69) is 42.8 Å². The Balaban J connectivity index is 0. The zero-order valence-electron chi connectivity index (χ0n) is 24.1. The van der Waals surface area contributed by atoms with Crippen molar-refractivity contribution in [2.75, 3.05) is 0 Å². The number of para-hydroxylation sites is 2. The first-order valence-electron chi connectivity index (χ1n) is 11.6. The predicted octanol–water partition coefficient (Wildman–Crippen LogP) is 2.67. The number of ether oxygens (including phenoxy) is 2. The average Bonchev–Trinajstić information content (AvgIpc) is 2.99. The van der Waals surface area contributed by atoms with Gasteiger partial charge in [-0.1, -0.05) is 36.4 Å². The molecular weight excluding hydrogens is 744 g/mol. The second kappa shape index (κ2) is 25.2. The Bertz CT molecular complexity index is 1460. The van der Waals surface area contributed by atoms with Crippen LogP contribution in [0.25, 0.3) is 0 Å². The molecule has 0 atom stereocenters. The molecule has 4 aromatic carbocycles. The van der Waals surface area contributed by atoms with E-state index < -0.39 is 11.6 Å². The molecule has 1 N–H and O–H groups in total. The van der Waals surface area contributed by atoms with Crippen LogP contribution in [0.3, 0.4) is 0 Å². The summed E-state index contributed by atoms with van der Waals surface area (Å²) in [5.74, 6) is 2.10. The molecule has 1 aliphatic carbocycles. The molecule has 4 aromatic rings. The van der Waals surface area contributed by atoms with E-state index in [1.807, 2.05) is 78.9 Å². The second-order valence-electron chi connectivity index (χ2n) is 7.42. The number of hydrogen-bond donors (Lipinski definition) is 1. The fourth-order valence-corrected chi connectivity index (χ4v) is 3.29. The molecule has 0 heterocycles. The van der Waals surface area contributed by atoms with E-state index in [4.69, 9.17) is 24.6 Å². The third-order valence-corrected chi connectivity index (χ3v) is 5.76. The van der Waals surface area contributed by atoms with Crippen LogP contribution in [0, 0.1) is 17.7 Å². The molecular formula is C31H23Br2F2K2O6+. The topological polar surface area (TPSA) is 88.1 Å². The predicted molar refractivity (Wildman–Crippen MR) is 157 cm³/mol. The van der Waals surface area contributed by atoms with Gasteiger partial charge in [0.25, 0.3) is 12.2 Å². The van der Waals surface area contributed by atoms with E-state index in [0.29, 0.717) is 0 Å². The fraction of sp³-hybridized carbons (Fsp3) is 0. The van der Waals surface area contributed by atoms with Gasteiger partial charge in [0.1, 0.15) is 40.7 Å². The number of aliphatic hydroxyl groups excluding tert-OH is 1. The number of aliphatic hydroxyl groups is 1. The van der Waals surface area contributed by atoms with E-state index in [-0.39, 0.29) is 121 Å². The van der Waals surface area contributed by atoms with Crippen molar-refractivity contribution in [2.24, 2.45) is 0 Å². The minimum Gasteiger partial charge on any atom is -1.00 e. The van der Waals surface area contributed by atoms with Gasteiger partial charge in [-0.2, -0.15) is 0 Å². The van der Waals surface area contributed by atoms with Crippen molar-refractivity contribution in [2.45, 2.75) is 0 Å². The number of carbonyl (C=O) groups is 1. The Labute approximate surface area is 352 Å². The van der Waals surface area contributed by atoms with Gasteiger partial charge in [-0.15, -0.1) is 0 Å². The van der Waals surface area contributed by atoms with Gasteiger partial charge in [-0.3, -0.25) is 4.79 Å². The van der Waals surface area contributed by atoms with Crippen LogP contribution in [-0.2, 0) is 9.68 Å². The molecule has 0 saturated carbocycles. The molecule has 0 bridgehead atoms. The van der Waals surface area contributed by atoms with Crippen molar-refractivity contribution in [1.82, 2.24) is 0 Å². The van der Waals surface area contributed by atoms with Crippen LogP contribution in [0.5, 0.6) is 23.0 Å². The van der Waals surface area contributed by atoms with E-state index in [1.54, 1.807) is 24.3 Å². The number of halogens is 4. The fourth-order valence-electron chi connectivity index (χ4n) is 2.72. The molecule has 0 aromatic heterocycles. The van der Waals surface area contributed by atoms with Gasteiger partial charge in [0.05, 0.1) is 27.2 Å². The number of carbonyl (C=O) groups excluding carboxylic acids is 1. The summed E-state index contributed by atoms with van der Waals surface area (Å²) in [6.45, 7) is -0.181. The number of benzene rings is 4. The maximum Gasteiger partial charge on any atom is 1.00 e. The third-order valence-electron chi connectivity index (χ3n) is 4.47. The SMILES string of the molecule is Brc1ccc(Oc2ccccc2)cc1Oc1ccccc1.Fc1ccc(Br)c(F)c1.O=CO[O-].OC1=CC=CC=[C+]1.[H-].[K+].[K+]. The van der Waals surface area contributed by atoms with Crippen LogP contribution in [0.2, 0.25) is 0 Å². The van der Waals surface area contributed by atoms with Gasteiger partial charge in [-0.05, 0) is 80.4 Å². The summed E-state index contributed by atoms with van der Waals surface area (Å²) in [7, 11) is 0. The molecule has 6 nitrogen and oxygen atoms in total. The van der Waals surface area contributed by atoms with Gasteiger partial charge in [-0.25, -0.2) is 8.78 Å². The first kappa shape index (κ1) is 41.9. The van der Waals surface area contributed by atoms with E-state index in [0.717, 1.165) is 33.5 Å². The van der Waals surface area contributed by atoms with Crippen molar-refractivity contribution in [1.29, 1.82) is 0 Å². The van der Waals surface area contributed by atoms with E-state index in [9.17, 15) is 8.78 Å². The van der Waals surface area contributed by atoms with E-state index >= 15 is 0 Å². The molecule has 0 amide bonds. The maximum atomic E-state index is 12.3. The van der Waals surface area contributed by atoms with Crippen LogP contribution in [0.15, 0.2) is 136 Å². The summed E-state index contributed by atoms with van der Waals surface area (Å²) in [4.78, 5) is 11.2. The minimum atomic E-state index is -0.574. The van der Waals surface area contributed by atoms with Crippen molar-refractivity contribution in [3.05, 3.63) is 154 Å². The first-order valence-corrected chi connectivity index (χ1v) is 13.1. The molecule has 0 aliphatic heterocycles. The van der Waals surface area contributed by atoms with Crippen molar-refractivity contribution in [3.8, 4) is 23.0 Å². The molecule has 1 aliphatic rings. The summed E-state index contributed by atoms with van der Waals surface area (Å²) in [5.41, 5.74) is 0. The van der Waals surface area contributed by atoms with Crippen LogP contribution in [-0.4, -0.2) is 11.6 Å². The van der Waals surface area contributed by atoms with Crippen LogP contribution in [0.1, 0.15) is 1.43 Å². The van der Waals surface area contributed by atoms with Crippen LogP contribution >= 0.6 is 31.9 Å². The molecule has 0 spiro atoms. The minimum absolute atomic E-state index is 0. The number of rotatable bonds is 5. The standard InChI is InChI=1S/C18H13BrO2.C6H3BrF2.C6H4O.CH2O3.2K.H/c19-17-12-11-16(20-14-7-3-1-4-8-14)13-18(17)21-15-9-5-2-6-10-15;7-5-2-1-4(8)3-6(5)9;7-6-4-2-1-3-5-6;2-1-4-3;;;/h1-13H;1-3H;1-4H;1,3H;;;/q;;;;2*+1;-1. The maximum absolute atomic E-state index is 12.3. The summed E-state index contributed by atoms with van der Waals surface area (Å²) in [5, 5.41) is 17.0. The largest absolute Gasteiger partial charge is 1.00 e. The molecule has 0 unspecified atom stereocenters. The first-order chi connectivity index (χ1) is 19.8. The summed E-state index contributed by atoms with van der Waals surface area (Å²) in [6, 6.07) is 28.3. The van der Waals surface area contributed by atoms with Gasteiger partial charge < -0.3 is 26.2 Å². The summed E-state index contributed by atoms with van der Waals surface area (Å²) in [6.07, 6.45) is 9.39. The zero-order chi connectivity index (χ0) is 29.9. The molecule has 43 heavy (non-hydrogen) atoms. The molecule has 0 radical (unpaired) electrons. The third kappa shape index (κ3) is 18.5. The summed E-state index contributed by atoms with van der Waals surface area (Å²) < 4.78 is 37.2. The van der Waals surface area contributed by atoms with Gasteiger partial charge in [0, 0.05) is 18.2 Å². The Hall–Kier alpha value is -1.07. The normalized spacial score (nSPS) is 10.0. The number of hydrogen-bond acceptors (Lipinski definition) is 6. The smallest absolute Gasteiger partial charge is 1.00 e. The Morgan fingerprint density at radius 1 is 0.767 bits per heavy atom. The van der Waals surface area contributed by atoms with E-state index in [1.165, 1.54) is 12.1 Å². The van der Waals surface area contributed by atoms with Crippen LogP contribution < -0.4 is 118 Å². The molecule has 5 rings (SSSR count).